The summed E-state index contributed by atoms with van der Waals surface area (Å²) in [5.74, 6) is 0. The minimum absolute atomic E-state index is 0.139. The van der Waals surface area contributed by atoms with Gasteiger partial charge in [-0.25, -0.2) is 0 Å². The minimum Gasteiger partial charge on any atom is -0.392 e. The van der Waals surface area contributed by atoms with Gasteiger partial charge in [0.15, 0.2) is 0 Å². The number of aliphatic hydroxyl groups is 1. The molecular formula is C20H26O. The second-order valence-electron chi connectivity index (χ2n) is 5.82. The fourth-order valence-corrected chi connectivity index (χ4v) is 2.78. The van der Waals surface area contributed by atoms with E-state index in [1.165, 1.54) is 48.8 Å². The summed E-state index contributed by atoms with van der Waals surface area (Å²) in [5.41, 5.74) is 5.20. The van der Waals surface area contributed by atoms with Crippen LogP contribution < -0.4 is 0 Å². The maximum absolute atomic E-state index is 9.12. The van der Waals surface area contributed by atoms with Gasteiger partial charge in [-0.2, -0.15) is 0 Å². The average Bonchev–Trinajstić information content (AvgIpc) is 2.53. The number of benzene rings is 2. The zero-order chi connectivity index (χ0) is 14.9. The smallest absolute Gasteiger partial charge is 0.0681 e. The van der Waals surface area contributed by atoms with Crippen molar-refractivity contribution in [2.45, 2.75) is 52.1 Å². The summed E-state index contributed by atoms with van der Waals surface area (Å²) in [6, 6.07) is 17.1. The number of unbranched alkanes of at least 4 members (excludes halogenated alkanes) is 3. The lowest BCUT2D eigenvalue weighted by Gasteiger charge is -2.07. The van der Waals surface area contributed by atoms with Gasteiger partial charge in [0.05, 0.1) is 6.61 Å². The van der Waals surface area contributed by atoms with Gasteiger partial charge < -0.3 is 5.11 Å². The number of aliphatic hydroxyl groups excluding tert-OH is 1. The van der Waals surface area contributed by atoms with Gasteiger partial charge in [0.25, 0.3) is 0 Å². The zero-order valence-corrected chi connectivity index (χ0v) is 13.0. The first-order chi connectivity index (χ1) is 10.3. The lowest BCUT2D eigenvalue weighted by Crippen LogP contribution is -1.93. The summed E-state index contributed by atoms with van der Waals surface area (Å²) in [4.78, 5) is 0. The molecule has 0 saturated heterocycles. The van der Waals surface area contributed by atoms with Crippen molar-refractivity contribution in [3.05, 3.63) is 70.8 Å². The second kappa shape index (κ2) is 8.63. The van der Waals surface area contributed by atoms with Gasteiger partial charge in [-0.1, -0.05) is 61.4 Å². The molecule has 2 aromatic rings. The monoisotopic (exact) mass is 282 g/mol. The first-order valence-electron chi connectivity index (χ1n) is 8.03. The molecule has 0 aromatic heterocycles. The zero-order valence-electron chi connectivity index (χ0n) is 13.0. The standard InChI is InChI=1S/C20H26O/c1-17-15-19(16-21)13-14-20(17)12-8-3-2-5-9-18-10-6-4-7-11-18/h4,6-7,10-11,13-15,21H,2-3,5,8-9,12,16H2,1H3. The lowest BCUT2D eigenvalue weighted by molar-refractivity contribution is 0.281. The van der Waals surface area contributed by atoms with Crippen LogP contribution in [-0.4, -0.2) is 5.11 Å². The molecule has 0 heterocycles. The van der Waals surface area contributed by atoms with E-state index in [9.17, 15) is 0 Å². The van der Waals surface area contributed by atoms with Crippen LogP contribution in [0, 0.1) is 6.92 Å². The van der Waals surface area contributed by atoms with Crippen LogP contribution in [-0.2, 0) is 19.4 Å². The highest BCUT2D eigenvalue weighted by Crippen LogP contribution is 2.15. The van der Waals surface area contributed by atoms with Crippen molar-refractivity contribution in [1.82, 2.24) is 0 Å². The summed E-state index contributed by atoms with van der Waals surface area (Å²) in [5, 5.41) is 9.12. The third-order valence-electron chi connectivity index (χ3n) is 4.09. The van der Waals surface area contributed by atoms with E-state index >= 15 is 0 Å². The number of rotatable bonds is 8. The van der Waals surface area contributed by atoms with E-state index in [2.05, 4.69) is 49.4 Å². The van der Waals surface area contributed by atoms with E-state index in [0.29, 0.717) is 0 Å². The highest BCUT2D eigenvalue weighted by atomic mass is 16.3. The molecule has 1 heteroatoms. The Labute approximate surface area is 128 Å². The Bertz CT molecular complexity index is 531. The van der Waals surface area contributed by atoms with E-state index in [-0.39, 0.29) is 6.61 Å². The van der Waals surface area contributed by atoms with Gasteiger partial charge in [0.2, 0.25) is 0 Å². The molecule has 0 bridgehead atoms. The van der Waals surface area contributed by atoms with Crippen molar-refractivity contribution in [2.24, 2.45) is 0 Å². The number of hydrogen-bond acceptors (Lipinski definition) is 1. The molecule has 0 spiro atoms. The van der Waals surface area contributed by atoms with Gasteiger partial charge in [-0.05, 0) is 54.9 Å². The van der Waals surface area contributed by atoms with Gasteiger partial charge in [-0.15, -0.1) is 0 Å². The van der Waals surface area contributed by atoms with Gasteiger partial charge in [0.1, 0.15) is 0 Å². The largest absolute Gasteiger partial charge is 0.392 e. The van der Waals surface area contributed by atoms with Crippen LogP contribution >= 0.6 is 0 Å². The SMILES string of the molecule is Cc1cc(CO)ccc1CCCCCCc1ccccc1. The molecule has 0 fully saturated rings. The predicted molar refractivity (Wildman–Crippen MR) is 89.4 cm³/mol. The normalized spacial score (nSPS) is 10.8. The van der Waals surface area contributed by atoms with Crippen molar-refractivity contribution in [1.29, 1.82) is 0 Å². The molecular weight excluding hydrogens is 256 g/mol. The van der Waals surface area contributed by atoms with Crippen LogP contribution in [0.3, 0.4) is 0 Å². The van der Waals surface area contributed by atoms with Crippen LogP contribution in [0.25, 0.3) is 0 Å². The number of aryl methyl sites for hydroxylation is 3. The third-order valence-corrected chi connectivity index (χ3v) is 4.09. The summed E-state index contributed by atoms with van der Waals surface area (Å²) in [6.45, 7) is 2.28. The van der Waals surface area contributed by atoms with Crippen LogP contribution in [0.1, 0.15) is 47.9 Å². The molecule has 112 valence electrons. The molecule has 0 aliphatic carbocycles. The number of hydrogen-bond donors (Lipinski definition) is 1. The van der Waals surface area contributed by atoms with Crippen LogP contribution in [0.2, 0.25) is 0 Å². The van der Waals surface area contributed by atoms with Crippen molar-refractivity contribution in [2.75, 3.05) is 0 Å². The Morgan fingerprint density at radius 3 is 2.14 bits per heavy atom. The molecule has 1 nitrogen and oxygen atoms in total. The van der Waals surface area contributed by atoms with Gasteiger partial charge in [-0.3, -0.25) is 0 Å². The Morgan fingerprint density at radius 2 is 1.48 bits per heavy atom. The summed E-state index contributed by atoms with van der Waals surface area (Å²) < 4.78 is 0. The average molecular weight is 282 g/mol. The summed E-state index contributed by atoms with van der Waals surface area (Å²) in [7, 11) is 0. The van der Waals surface area contributed by atoms with E-state index < -0.39 is 0 Å². The second-order valence-corrected chi connectivity index (χ2v) is 5.82. The molecule has 0 amide bonds. The van der Waals surface area contributed by atoms with E-state index in [0.717, 1.165) is 12.0 Å². The highest BCUT2D eigenvalue weighted by Gasteiger charge is 2.00. The Hall–Kier alpha value is -1.60. The van der Waals surface area contributed by atoms with Crippen LogP contribution in [0.4, 0.5) is 0 Å². The predicted octanol–water partition coefficient (Wildman–Crippen LogP) is 4.83. The van der Waals surface area contributed by atoms with Crippen molar-refractivity contribution in [3.63, 3.8) is 0 Å². The molecule has 0 aliphatic rings. The molecule has 2 aromatic carbocycles. The van der Waals surface area contributed by atoms with Gasteiger partial charge in [0, 0.05) is 0 Å². The fourth-order valence-electron chi connectivity index (χ4n) is 2.78. The molecule has 0 aliphatic heterocycles. The minimum atomic E-state index is 0.139. The maximum atomic E-state index is 9.12. The Morgan fingerprint density at radius 1 is 0.762 bits per heavy atom. The topological polar surface area (TPSA) is 20.2 Å². The first-order valence-corrected chi connectivity index (χ1v) is 8.03. The molecule has 2 rings (SSSR count). The van der Waals surface area contributed by atoms with Crippen molar-refractivity contribution in [3.8, 4) is 0 Å². The molecule has 1 N–H and O–H groups in total. The fraction of sp³-hybridized carbons (Fsp3) is 0.400. The molecule has 0 atom stereocenters. The van der Waals surface area contributed by atoms with Crippen LogP contribution in [0.5, 0.6) is 0 Å². The molecule has 0 saturated carbocycles. The summed E-state index contributed by atoms with van der Waals surface area (Å²) in [6.07, 6.45) is 7.51. The van der Waals surface area contributed by atoms with Crippen LogP contribution in [0.15, 0.2) is 48.5 Å². The van der Waals surface area contributed by atoms with Gasteiger partial charge >= 0.3 is 0 Å². The lowest BCUT2D eigenvalue weighted by atomic mass is 9.99. The quantitative estimate of drug-likeness (QED) is 0.687. The Balaban J connectivity index is 1.64. The van der Waals surface area contributed by atoms with E-state index in [4.69, 9.17) is 5.11 Å². The molecule has 0 radical (unpaired) electrons. The third kappa shape index (κ3) is 5.35. The van der Waals surface area contributed by atoms with E-state index in [1.807, 2.05) is 6.07 Å². The van der Waals surface area contributed by atoms with Crippen molar-refractivity contribution >= 4 is 0 Å². The first kappa shape index (κ1) is 15.8. The molecule has 0 unspecified atom stereocenters. The summed E-state index contributed by atoms with van der Waals surface area (Å²) >= 11 is 0. The Kier molecular flexibility index (Phi) is 6.49. The molecule has 21 heavy (non-hydrogen) atoms. The maximum Gasteiger partial charge on any atom is 0.0681 e. The van der Waals surface area contributed by atoms with E-state index in [1.54, 1.807) is 0 Å². The van der Waals surface area contributed by atoms with Crippen molar-refractivity contribution < 1.29 is 5.11 Å². The highest BCUT2D eigenvalue weighted by molar-refractivity contribution is 5.30.